The highest BCUT2D eigenvalue weighted by molar-refractivity contribution is 7.99. The first-order valence-corrected chi connectivity index (χ1v) is 7.74. The Morgan fingerprint density at radius 1 is 1.33 bits per heavy atom. The van der Waals surface area contributed by atoms with Gasteiger partial charge in [-0.1, -0.05) is 18.2 Å². The lowest BCUT2D eigenvalue weighted by Crippen LogP contribution is -2.02. The summed E-state index contributed by atoms with van der Waals surface area (Å²) in [5.74, 6) is 1.60. The number of allylic oxidation sites excluding steroid dienone is 1. The van der Waals surface area contributed by atoms with Crippen LogP contribution in [0.2, 0.25) is 0 Å². The quantitative estimate of drug-likeness (QED) is 0.673. The molecule has 2 heterocycles. The molecule has 0 amide bonds. The molecule has 2 aromatic heterocycles. The number of nitrogens with zero attached hydrogens (tertiary/aromatic N) is 4. The third kappa shape index (κ3) is 2.35. The Morgan fingerprint density at radius 3 is 2.95 bits per heavy atom. The number of benzene rings is 1. The van der Waals surface area contributed by atoms with Crippen LogP contribution in [0.25, 0.3) is 11.1 Å². The molecule has 21 heavy (non-hydrogen) atoms. The van der Waals surface area contributed by atoms with E-state index in [0.29, 0.717) is 17.7 Å². The van der Waals surface area contributed by atoms with Gasteiger partial charge in [-0.2, -0.15) is 0 Å². The Hall–Kier alpha value is -2.08. The summed E-state index contributed by atoms with van der Waals surface area (Å²) in [7, 11) is 0. The average Bonchev–Trinajstić information content (AvgIpc) is 3.14. The summed E-state index contributed by atoms with van der Waals surface area (Å²) >= 11 is 1.41. The minimum atomic E-state index is 0.551. The smallest absolute Gasteiger partial charge is 0.264 e. The Morgan fingerprint density at radius 2 is 2.19 bits per heavy atom. The largest absolute Gasteiger partial charge is 0.431 e. The van der Waals surface area contributed by atoms with Gasteiger partial charge in [-0.3, -0.25) is 0 Å². The number of aromatic nitrogens is 4. The van der Waals surface area contributed by atoms with Crippen molar-refractivity contribution in [1.82, 2.24) is 19.7 Å². The Balaban J connectivity index is 1.68. The van der Waals surface area contributed by atoms with Crippen LogP contribution in [0.15, 0.2) is 51.7 Å². The van der Waals surface area contributed by atoms with Crippen molar-refractivity contribution >= 4 is 22.9 Å². The van der Waals surface area contributed by atoms with Gasteiger partial charge in [-0.15, -0.1) is 16.8 Å². The van der Waals surface area contributed by atoms with Crippen molar-refractivity contribution in [1.29, 1.82) is 0 Å². The van der Waals surface area contributed by atoms with Gasteiger partial charge in [0.1, 0.15) is 11.3 Å². The number of hydrogen-bond acceptors (Lipinski definition) is 5. The minimum absolute atomic E-state index is 0.551. The van der Waals surface area contributed by atoms with E-state index in [0.717, 1.165) is 22.1 Å². The van der Waals surface area contributed by atoms with E-state index in [1.54, 1.807) is 0 Å². The lowest BCUT2D eigenvalue weighted by Gasteiger charge is -2.04. The van der Waals surface area contributed by atoms with Crippen LogP contribution < -0.4 is 0 Å². The molecule has 0 unspecified atom stereocenters. The normalized spacial score (nSPS) is 14.7. The second-order valence-electron chi connectivity index (χ2n) is 5.06. The van der Waals surface area contributed by atoms with E-state index < -0.39 is 0 Å². The number of oxazole rings is 1. The Labute approximate surface area is 126 Å². The van der Waals surface area contributed by atoms with Crippen molar-refractivity contribution in [3.05, 3.63) is 42.7 Å². The van der Waals surface area contributed by atoms with Gasteiger partial charge in [0, 0.05) is 24.2 Å². The Kier molecular flexibility index (Phi) is 3.03. The zero-order valence-corrected chi connectivity index (χ0v) is 12.2. The number of fused-ring (bicyclic) bond motifs is 1. The standard InChI is InChI=1S/C15H14N4OS/c1-2-9-19-13(10-7-8-10)17-18-14(19)21-15-16-11-5-3-4-6-12(11)20-15/h2-6,10H,1,7-9H2. The van der Waals surface area contributed by atoms with Crippen molar-refractivity contribution in [2.45, 2.75) is 35.7 Å². The molecule has 6 heteroatoms. The molecule has 0 saturated heterocycles. The molecule has 0 aliphatic heterocycles. The SMILES string of the molecule is C=CCn1c(Sc2nc3ccccc3o2)nnc1C1CC1. The minimum Gasteiger partial charge on any atom is -0.431 e. The van der Waals surface area contributed by atoms with E-state index in [9.17, 15) is 0 Å². The van der Waals surface area contributed by atoms with E-state index >= 15 is 0 Å². The summed E-state index contributed by atoms with van der Waals surface area (Å²) in [6, 6.07) is 7.74. The highest BCUT2D eigenvalue weighted by Crippen LogP contribution is 2.40. The first-order chi connectivity index (χ1) is 10.3. The first kappa shape index (κ1) is 12.6. The van der Waals surface area contributed by atoms with E-state index in [4.69, 9.17) is 4.42 Å². The zero-order valence-electron chi connectivity index (χ0n) is 11.4. The maximum atomic E-state index is 5.74. The van der Waals surface area contributed by atoms with Crippen LogP contribution in [0.3, 0.4) is 0 Å². The predicted octanol–water partition coefficient (Wildman–Crippen LogP) is 3.63. The number of rotatable bonds is 5. The molecule has 0 bridgehead atoms. The summed E-state index contributed by atoms with van der Waals surface area (Å²) in [6.45, 7) is 4.52. The van der Waals surface area contributed by atoms with Crippen molar-refractivity contribution in [2.24, 2.45) is 0 Å². The fourth-order valence-corrected chi connectivity index (χ4v) is 3.08. The molecule has 0 N–H and O–H groups in total. The van der Waals surface area contributed by atoms with Crippen molar-refractivity contribution in [3.8, 4) is 0 Å². The molecule has 4 rings (SSSR count). The number of hydrogen-bond donors (Lipinski definition) is 0. The van der Waals surface area contributed by atoms with Gasteiger partial charge < -0.3 is 8.98 Å². The summed E-state index contributed by atoms with van der Waals surface area (Å²) < 4.78 is 7.84. The maximum Gasteiger partial charge on any atom is 0.264 e. The van der Waals surface area contributed by atoms with Gasteiger partial charge in [0.2, 0.25) is 5.16 Å². The van der Waals surface area contributed by atoms with Crippen LogP contribution in [0.4, 0.5) is 0 Å². The van der Waals surface area contributed by atoms with Crippen molar-refractivity contribution in [2.75, 3.05) is 0 Å². The molecule has 3 aromatic rings. The second kappa shape index (κ2) is 5.04. The van der Waals surface area contributed by atoms with E-state index in [2.05, 4.69) is 26.3 Å². The third-order valence-corrected chi connectivity index (χ3v) is 4.29. The van der Waals surface area contributed by atoms with Gasteiger partial charge in [0.15, 0.2) is 5.58 Å². The van der Waals surface area contributed by atoms with Gasteiger partial charge in [-0.25, -0.2) is 4.98 Å². The molecule has 5 nitrogen and oxygen atoms in total. The summed E-state index contributed by atoms with van der Waals surface area (Å²) in [6.07, 6.45) is 4.26. The first-order valence-electron chi connectivity index (χ1n) is 6.92. The van der Waals surface area contributed by atoms with Crippen LogP contribution in [-0.4, -0.2) is 19.7 Å². The lowest BCUT2D eigenvalue weighted by atomic mass is 10.3. The fraction of sp³-hybridized carbons (Fsp3) is 0.267. The highest BCUT2D eigenvalue weighted by Gasteiger charge is 2.30. The van der Waals surface area contributed by atoms with Gasteiger partial charge >= 0.3 is 0 Å². The molecular weight excluding hydrogens is 284 g/mol. The molecule has 1 saturated carbocycles. The van der Waals surface area contributed by atoms with Gasteiger partial charge in [-0.05, 0) is 25.0 Å². The van der Waals surface area contributed by atoms with E-state index in [-0.39, 0.29) is 0 Å². The summed E-state index contributed by atoms with van der Waals surface area (Å²) in [5, 5.41) is 10.0. The van der Waals surface area contributed by atoms with Gasteiger partial charge in [0.05, 0.1) is 0 Å². The molecule has 106 valence electrons. The summed E-state index contributed by atoms with van der Waals surface area (Å²) in [4.78, 5) is 4.47. The monoisotopic (exact) mass is 298 g/mol. The molecular formula is C15H14N4OS. The number of para-hydroxylation sites is 2. The lowest BCUT2D eigenvalue weighted by molar-refractivity contribution is 0.487. The van der Waals surface area contributed by atoms with Gasteiger partial charge in [0.25, 0.3) is 5.22 Å². The zero-order chi connectivity index (χ0) is 14.2. The second-order valence-corrected chi connectivity index (χ2v) is 5.98. The topological polar surface area (TPSA) is 56.7 Å². The van der Waals surface area contributed by atoms with Crippen molar-refractivity contribution in [3.63, 3.8) is 0 Å². The van der Waals surface area contributed by atoms with Crippen LogP contribution in [0.5, 0.6) is 0 Å². The third-order valence-electron chi connectivity index (χ3n) is 3.45. The molecule has 1 aliphatic rings. The van der Waals surface area contributed by atoms with Crippen LogP contribution in [-0.2, 0) is 6.54 Å². The Bertz CT molecular complexity index is 770. The maximum absolute atomic E-state index is 5.74. The van der Waals surface area contributed by atoms with Crippen LogP contribution >= 0.6 is 11.8 Å². The van der Waals surface area contributed by atoms with Crippen molar-refractivity contribution < 1.29 is 4.42 Å². The van der Waals surface area contributed by atoms with E-state index in [1.165, 1.54) is 24.6 Å². The van der Waals surface area contributed by atoms with Crippen LogP contribution in [0, 0.1) is 0 Å². The van der Waals surface area contributed by atoms with Crippen LogP contribution in [0.1, 0.15) is 24.6 Å². The highest BCUT2D eigenvalue weighted by atomic mass is 32.2. The molecule has 1 aromatic carbocycles. The predicted molar refractivity (Wildman–Crippen MR) is 80.3 cm³/mol. The molecule has 1 aliphatic carbocycles. The molecule has 0 atom stereocenters. The summed E-state index contributed by atoms with van der Waals surface area (Å²) in [5.41, 5.74) is 1.65. The molecule has 1 fully saturated rings. The molecule has 0 spiro atoms. The fourth-order valence-electron chi connectivity index (χ4n) is 2.29. The average molecular weight is 298 g/mol. The van der Waals surface area contributed by atoms with E-state index in [1.807, 2.05) is 30.3 Å². The molecule has 0 radical (unpaired) electrons.